The van der Waals surface area contributed by atoms with Crippen molar-refractivity contribution in [1.29, 1.82) is 0 Å². The fourth-order valence-corrected chi connectivity index (χ4v) is 2.92. The molecule has 2 aromatic rings. The molecule has 0 saturated carbocycles. The first kappa shape index (κ1) is 14.7. The van der Waals surface area contributed by atoms with Gasteiger partial charge in [-0.2, -0.15) is 0 Å². The predicted octanol–water partition coefficient (Wildman–Crippen LogP) is 1.59. The first-order valence-corrected chi connectivity index (χ1v) is 7.38. The topological polar surface area (TPSA) is 63.9 Å². The smallest absolute Gasteiger partial charge is 0.184 e. The number of methoxy groups -OCH3 is 2. The van der Waals surface area contributed by atoms with Gasteiger partial charge in [0.15, 0.2) is 11.5 Å². The molecule has 0 atom stereocenters. The van der Waals surface area contributed by atoms with Crippen molar-refractivity contribution >= 4 is 22.3 Å². The molecule has 22 heavy (non-hydrogen) atoms. The Morgan fingerprint density at radius 1 is 1.09 bits per heavy atom. The molecule has 1 aromatic carbocycles. The largest absolute Gasteiger partial charge is 0.493 e. The van der Waals surface area contributed by atoms with E-state index in [2.05, 4.69) is 21.8 Å². The quantitative estimate of drug-likeness (QED) is 0.869. The summed E-state index contributed by atoms with van der Waals surface area (Å²) in [6.45, 7) is 3.97. The number of pyridine rings is 1. The maximum Gasteiger partial charge on any atom is 0.184 e. The number of hydrogen-bond acceptors (Lipinski definition) is 6. The maximum atomic E-state index is 6.27. The molecule has 0 unspecified atom stereocenters. The summed E-state index contributed by atoms with van der Waals surface area (Å²) in [6, 6.07) is 3.89. The monoisotopic (exact) mass is 302 g/mol. The summed E-state index contributed by atoms with van der Waals surface area (Å²) in [5.74, 6) is 2.17. The zero-order valence-corrected chi connectivity index (χ0v) is 13.3. The summed E-state index contributed by atoms with van der Waals surface area (Å²) in [4.78, 5) is 9.20. The SMILES string of the molecule is COc1cc2c(N3CCN(C)CC3)nccc2c(N)c1OC. The van der Waals surface area contributed by atoms with Gasteiger partial charge < -0.3 is 25.0 Å². The van der Waals surface area contributed by atoms with Crippen molar-refractivity contribution in [2.75, 3.05) is 58.1 Å². The number of nitrogens with two attached hydrogens (primary N) is 1. The lowest BCUT2D eigenvalue weighted by molar-refractivity contribution is 0.312. The Morgan fingerprint density at radius 3 is 2.45 bits per heavy atom. The molecule has 2 N–H and O–H groups in total. The number of likely N-dealkylation sites (N-methyl/N-ethyl adjacent to an activating group) is 1. The van der Waals surface area contributed by atoms with Crippen LogP contribution in [0, 0.1) is 0 Å². The van der Waals surface area contributed by atoms with Crippen LogP contribution in [-0.4, -0.2) is 57.3 Å². The molecule has 6 heteroatoms. The Morgan fingerprint density at radius 2 is 1.82 bits per heavy atom. The standard InChI is InChI=1S/C16H22N4O2/c1-19-6-8-20(9-7-19)16-12-10-13(21-2)15(22-3)14(17)11(12)4-5-18-16/h4-5,10H,6-9,17H2,1-3H3. The molecule has 118 valence electrons. The predicted molar refractivity (Wildman–Crippen MR) is 89.0 cm³/mol. The zero-order chi connectivity index (χ0) is 15.7. The highest BCUT2D eigenvalue weighted by molar-refractivity contribution is 6.03. The van der Waals surface area contributed by atoms with Gasteiger partial charge in [0.2, 0.25) is 0 Å². The lowest BCUT2D eigenvalue weighted by atomic mass is 10.1. The summed E-state index contributed by atoms with van der Waals surface area (Å²) in [6.07, 6.45) is 1.80. The van der Waals surface area contributed by atoms with Gasteiger partial charge in [-0.05, 0) is 19.2 Å². The molecule has 0 radical (unpaired) electrons. The molecule has 1 fully saturated rings. The number of rotatable bonds is 3. The minimum atomic E-state index is 0.575. The Bertz CT molecular complexity index is 681. The van der Waals surface area contributed by atoms with Crippen LogP contribution in [0.4, 0.5) is 11.5 Å². The van der Waals surface area contributed by atoms with Crippen molar-refractivity contribution < 1.29 is 9.47 Å². The van der Waals surface area contributed by atoms with Gasteiger partial charge in [0, 0.05) is 43.1 Å². The van der Waals surface area contributed by atoms with Crippen LogP contribution in [0.5, 0.6) is 11.5 Å². The van der Waals surface area contributed by atoms with Gasteiger partial charge in [0.25, 0.3) is 0 Å². The number of hydrogen-bond donors (Lipinski definition) is 1. The number of aromatic nitrogens is 1. The molecule has 3 rings (SSSR count). The Balaban J connectivity index is 2.14. The van der Waals surface area contributed by atoms with Crippen LogP contribution in [0.2, 0.25) is 0 Å². The molecule has 0 amide bonds. The first-order valence-electron chi connectivity index (χ1n) is 7.38. The molecule has 2 heterocycles. The van der Waals surface area contributed by atoms with E-state index in [1.54, 1.807) is 20.4 Å². The highest BCUT2D eigenvalue weighted by atomic mass is 16.5. The van der Waals surface area contributed by atoms with E-state index < -0.39 is 0 Å². The van der Waals surface area contributed by atoms with Crippen LogP contribution in [-0.2, 0) is 0 Å². The van der Waals surface area contributed by atoms with E-state index in [1.807, 2.05) is 12.1 Å². The summed E-state index contributed by atoms with van der Waals surface area (Å²) in [5, 5.41) is 1.95. The van der Waals surface area contributed by atoms with Crippen molar-refractivity contribution in [3.8, 4) is 11.5 Å². The van der Waals surface area contributed by atoms with Crippen LogP contribution < -0.4 is 20.1 Å². The van der Waals surface area contributed by atoms with E-state index in [0.29, 0.717) is 17.2 Å². The van der Waals surface area contributed by atoms with Crippen molar-refractivity contribution in [2.45, 2.75) is 0 Å². The first-order chi connectivity index (χ1) is 10.7. The van der Waals surface area contributed by atoms with Crippen LogP contribution >= 0.6 is 0 Å². The van der Waals surface area contributed by atoms with Crippen LogP contribution in [0.25, 0.3) is 10.8 Å². The average molecular weight is 302 g/mol. The molecule has 6 nitrogen and oxygen atoms in total. The number of benzene rings is 1. The third-order valence-corrected chi connectivity index (χ3v) is 4.23. The maximum absolute atomic E-state index is 6.27. The van der Waals surface area contributed by atoms with Crippen molar-refractivity contribution in [2.24, 2.45) is 0 Å². The van der Waals surface area contributed by atoms with Crippen molar-refractivity contribution in [3.63, 3.8) is 0 Å². The molecule has 0 bridgehead atoms. The second kappa shape index (κ2) is 5.88. The third-order valence-electron chi connectivity index (χ3n) is 4.23. The highest BCUT2D eigenvalue weighted by Crippen LogP contribution is 2.41. The zero-order valence-electron chi connectivity index (χ0n) is 13.3. The number of piperazine rings is 1. The molecule has 0 aliphatic carbocycles. The van der Waals surface area contributed by atoms with Gasteiger partial charge >= 0.3 is 0 Å². The summed E-state index contributed by atoms with van der Waals surface area (Å²) >= 11 is 0. The van der Waals surface area contributed by atoms with Crippen molar-refractivity contribution in [1.82, 2.24) is 9.88 Å². The van der Waals surface area contributed by atoms with Gasteiger partial charge in [-0.15, -0.1) is 0 Å². The Labute approximate surface area is 130 Å². The van der Waals surface area contributed by atoms with E-state index in [0.717, 1.165) is 42.8 Å². The normalized spacial score (nSPS) is 16.0. The average Bonchev–Trinajstić information content (AvgIpc) is 2.55. The lowest BCUT2D eigenvalue weighted by Crippen LogP contribution is -2.44. The van der Waals surface area contributed by atoms with E-state index in [4.69, 9.17) is 15.2 Å². The second-order valence-corrected chi connectivity index (χ2v) is 5.55. The van der Waals surface area contributed by atoms with E-state index in [1.165, 1.54) is 0 Å². The van der Waals surface area contributed by atoms with Crippen LogP contribution in [0.3, 0.4) is 0 Å². The van der Waals surface area contributed by atoms with Gasteiger partial charge in [-0.1, -0.05) is 0 Å². The number of anilines is 2. The van der Waals surface area contributed by atoms with Crippen LogP contribution in [0.1, 0.15) is 0 Å². The molecule has 0 spiro atoms. The Kier molecular flexibility index (Phi) is 3.94. The Hall–Kier alpha value is -2.21. The third kappa shape index (κ3) is 2.39. The second-order valence-electron chi connectivity index (χ2n) is 5.55. The van der Waals surface area contributed by atoms with Gasteiger partial charge in [-0.25, -0.2) is 4.98 Å². The fraction of sp³-hybridized carbons (Fsp3) is 0.438. The van der Waals surface area contributed by atoms with Crippen molar-refractivity contribution in [3.05, 3.63) is 18.3 Å². The highest BCUT2D eigenvalue weighted by Gasteiger charge is 2.20. The van der Waals surface area contributed by atoms with Gasteiger partial charge in [-0.3, -0.25) is 0 Å². The number of nitrogens with zero attached hydrogens (tertiary/aromatic N) is 3. The minimum Gasteiger partial charge on any atom is -0.493 e. The number of ether oxygens (including phenoxy) is 2. The van der Waals surface area contributed by atoms with Gasteiger partial charge in [0.05, 0.1) is 19.9 Å². The summed E-state index contributed by atoms with van der Waals surface area (Å²) in [7, 11) is 5.36. The molecule has 1 aliphatic heterocycles. The van der Waals surface area contributed by atoms with Crippen LogP contribution in [0.15, 0.2) is 18.3 Å². The molecule has 1 aromatic heterocycles. The summed E-state index contributed by atoms with van der Waals surface area (Å²) < 4.78 is 10.8. The van der Waals surface area contributed by atoms with Gasteiger partial charge in [0.1, 0.15) is 5.82 Å². The lowest BCUT2D eigenvalue weighted by Gasteiger charge is -2.34. The molecular weight excluding hydrogens is 280 g/mol. The minimum absolute atomic E-state index is 0.575. The molecular formula is C16H22N4O2. The summed E-state index contributed by atoms with van der Waals surface area (Å²) in [5.41, 5.74) is 6.86. The fourth-order valence-electron chi connectivity index (χ4n) is 2.92. The van der Waals surface area contributed by atoms with E-state index >= 15 is 0 Å². The van der Waals surface area contributed by atoms with E-state index in [9.17, 15) is 0 Å². The number of fused-ring (bicyclic) bond motifs is 1. The van der Waals surface area contributed by atoms with E-state index in [-0.39, 0.29) is 0 Å². The number of nitrogen functional groups attached to an aromatic ring is 1. The molecule has 1 aliphatic rings. The molecule has 1 saturated heterocycles.